The van der Waals surface area contributed by atoms with E-state index in [9.17, 15) is 9.59 Å². The Hall–Kier alpha value is -3.45. The second-order valence-electron chi connectivity index (χ2n) is 7.05. The Morgan fingerprint density at radius 2 is 2.00 bits per heavy atom. The number of halogens is 1. The molecule has 4 rings (SSSR count). The molecular weight excluding hydrogens is 402 g/mol. The molecule has 1 aliphatic heterocycles. The minimum absolute atomic E-state index is 0.0490. The Kier molecular flexibility index (Phi) is 5.63. The Morgan fingerprint density at radius 3 is 2.77 bits per heavy atom. The van der Waals surface area contributed by atoms with Crippen molar-refractivity contribution in [2.45, 2.75) is 12.5 Å². The van der Waals surface area contributed by atoms with E-state index >= 15 is 0 Å². The summed E-state index contributed by atoms with van der Waals surface area (Å²) in [6, 6.07) is 12.4. The molecule has 8 heteroatoms. The van der Waals surface area contributed by atoms with E-state index in [0.717, 1.165) is 17.3 Å². The van der Waals surface area contributed by atoms with E-state index < -0.39 is 0 Å². The second-order valence-corrected chi connectivity index (χ2v) is 7.49. The highest BCUT2D eigenvalue weighted by atomic mass is 35.5. The SMILES string of the molecule is C=CC(=O)Nc1ccc(C(=O)N2CCC(Nc3ncc4ccc(Cl)cc4n3)C2)cc1. The van der Waals surface area contributed by atoms with E-state index in [1.54, 1.807) is 47.5 Å². The fourth-order valence-corrected chi connectivity index (χ4v) is 3.55. The van der Waals surface area contributed by atoms with Gasteiger partial charge in [-0.3, -0.25) is 9.59 Å². The third-order valence-electron chi connectivity index (χ3n) is 4.94. The first kappa shape index (κ1) is 19.8. The minimum atomic E-state index is -0.291. The lowest BCUT2D eigenvalue weighted by molar-refractivity contribution is -0.111. The van der Waals surface area contributed by atoms with Crippen molar-refractivity contribution in [3.05, 3.63) is 71.9 Å². The molecule has 7 nitrogen and oxygen atoms in total. The number of nitrogens with one attached hydrogen (secondary N) is 2. The monoisotopic (exact) mass is 421 g/mol. The summed E-state index contributed by atoms with van der Waals surface area (Å²) < 4.78 is 0. The van der Waals surface area contributed by atoms with Gasteiger partial charge >= 0.3 is 0 Å². The van der Waals surface area contributed by atoms with Gasteiger partial charge in [0.15, 0.2) is 0 Å². The lowest BCUT2D eigenvalue weighted by atomic mass is 10.2. The number of carbonyl (C=O) groups is 2. The van der Waals surface area contributed by atoms with Crippen LogP contribution < -0.4 is 10.6 Å². The highest BCUT2D eigenvalue weighted by molar-refractivity contribution is 6.31. The Morgan fingerprint density at radius 1 is 1.20 bits per heavy atom. The van der Waals surface area contributed by atoms with Crippen molar-refractivity contribution in [2.75, 3.05) is 23.7 Å². The van der Waals surface area contributed by atoms with Gasteiger partial charge in [-0.15, -0.1) is 0 Å². The third-order valence-corrected chi connectivity index (χ3v) is 5.17. The molecule has 152 valence electrons. The van der Waals surface area contributed by atoms with Gasteiger partial charge in [-0.25, -0.2) is 9.97 Å². The van der Waals surface area contributed by atoms with Crippen LogP contribution in [-0.4, -0.2) is 45.8 Å². The van der Waals surface area contributed by atoms with Gasteiger partial charge in [0.1, 0.15) is 0 Å². The summed E-state index contributed by atoms with van der Waals surface area (Å²) in [5.41, 5.74) is 1.96. The molecule has 1 fully saturated rings. The molecule has 1 atom stereocenters. The van der Waals surface area contributed by atoms with Crippen molar-refractivity contribution in [3.8, 4) is 0 Å². The van der Waals surface area contributed by atoms with Crippen molar-refractivity contribution in [2.24, 2.45) is 0 Å². The van der Waals surface area contributed by atoms with Crippen LogP contribution in [0.5, 0.6) is 0 Å². The van der Waals surface area contributed by atoms with Gasteiger partial charge in [0.05, 0.1) is 5.52 Å². The van der Waals surface area contributed by atoms with Crippen molar-refractivity contribution in [1.82, 2.24) is 14.9 Å². The van der Waals surface area contributed by atoms with Crippen LogP contribution in [0.1, 0.15) is 16.8 Å². The van der Waals surface area contributed by atoms with E-state index in [-0.39, 0.29) is 17.9 Å². The van der Waals surface area contributed by atoms with Gasteiger partial charge in [-0.05, 0) is 55.0 Å². The number of amides is 2. The number of benzene rings is 2. The van der Waals surface area contributed by atoms with Crippen molar-refractivity contribution >= 4 is 46.0 Å². The van der Waals surface area contributed by atoms with Gasteiger partial charge in [-0.1, -0.05) is 18.2 Å². The zero-order chi connectivity index (χ0) is 21.1. The zero-order valence-electron chi connectivity index (χ0n) is 16.1. The number of nitrogens with zero attached hydrogens (tertiary/aromatic N) is 3. The minimum Gasteiger partial charge on any atom is -0.350 e. The molecule has 0 saturated carbocycles. The quantitative estimate of drug-likeness (QED) is 0.613. The molecule has 2 amide bonds. The number of aromatic nitrogens is 2. The molecule has 0 aliphatic carbocycles. The molecule has 1 aromatic heterocycles. The fourth-order valence-electron chi connectivity index (χ4n) is 3.38. The Bertz CT molecular complexity index is 1120. The topological polar surface area (TPSA) is 87.2 Å². The number of hydrogen-bond acceptors (Lipinski definition) is 5. The van der Waals surface area contributed by atoms with Crippen LogP contribution in [0.2, 0.25) is 5.02 Å². The van der Waals surface area contributed by atoms with Crippen LogP contribution in [0.25, 0.3) is 10.9 Å². The first-order valence-electron chi connectivity index (χ1n) is 9.53. The molecule has 1 saturated heterocycles. The summed E-state index contributed by atoms with van der Waals surface area (Å²) in [6.45, 7) is 4.62. The first-order valence-corrected chi connectivity index (χ1v) is 9.91. The maximum atomic E-state index is 12.8. The Balaban J connectivity index is 1.38. The van der Waals surface area contributed by atoms with Crippen LogP contribution >= 0.6 is 11.6 Å². The summed E-state index contributed by atoms with van der Waals surface area (Å²) in [5.74, 6) is 0.180. The number of hydrogen-bond donors (Lipinski definition) is 2. The molecular formula is C22H20ClN5O2. The predicted molar refractivity (Wildman–Crippen MR) is 118 cm³/mol. The molecule has 0 spiro atoms. The average Bonchev–Trinajstić information content (AvgIpc) is 3.22. The number of fused-ring (bicyclic) bond motifs is 1. The highest BCUT2D eigenvalue weighted by Crippen LogP contribution is 2.21. The van der Waals surface area contributed by atoms with Gasteiger partial charge in [0, 0.05) is 47.0 Å². The largest absolute Gasteiger partial charge is 0.350 e. The zero-order valence-corrected chi connectivity index (χ0v) is 16.9. The van der Waals surface area contributed by atoms with E-state index in [1.807, 2.05) is 6.07 Å². The standard InChI is InChI=1S/C22H20ClN5O2/c1-2-20(29)25-17-7-4-14(5-8-17)21(30)28-10-9-18(13-28)26-22-24-12-15-3-6-16(23)11-19(15)27-22/h2-8,11-12,18H,1,9-10,13H2,(H,25,29)(H,24,26,27). The maximum Gasteiger partial charge on any atom is 0.253 e. The van der Waals surface area contributed by atoms with Crippen LogP contribution in [0, 0.1) is 0 Å². The van der Waals surface area contributed by atoms with Gasteiger partial charge in [0.25, 0.3) is 5.91 Å². The lowest BCUT2D eigenvalue weighted by Gasteiger charge is -2.17. The average molecular weight is 422 g/mol. The molecule has 2 heterocycles. The number of anilines is 2. The highest BCUT2D eigenvalue weighted by Gasteiger charge is 2.27. The van der Waals surface area contributed by atoms with Crippen molar-refractivity contribution in [1.29, 1.82) is 0 Å². The second kappa shape index (κ2) is 8.51. The van der Waals surface area contributed by atoms with E-state index in [2.05, 4.69) is 27.2 Å². The number of rotatable bonds is 5. The van der Waals surface area contributed by atoms with Crippen LogP contribution in [-0.2, 0) is 4.79 Å². The molecule has 1 aliphatic rings. The molecule has 1 unspecified atom stereocenters. The van der Waals surface area contributed by atoms with Crippen LogP contribution in [0.3, 0.4) is 0 Å². The summed E-state index contributed by atoms with van der Waals surface area (Å²) >= 11 is 6.05. The third kappa shape index (κ3) is 4.41. The summed E-state index contributed by atoms with van der Waals surface area (Å²) in [5, 5.41) is 7.52. The number of carbonyl (C=O) groups excluding carboxylic acids is 2. The van der Waals surface area contributed by atoms with Crippen LogP contribution in [0.4, 0.5) is 11.6 Å². The molecule has 0 radical (unpaired) electrons. The van der Waals surface area contributed by atoms with Crippen molar-refractivity contribution < 1.29 is 9.59 Å². The maximum absolute atomic E-state index is 12.8. The van der Waals surface area contributed by atoms with Gasteiger partial charge < -0.3 is 15.5 Å². The molecule has 2 N–H and O–H groups in total. The molecule has 2 aromatic carbocycles. The number of likely N-dealkylation sites (tertiary alicyclic amines) is 1. The molecule has 3 aromatic rings. The summed E-state index contributed by atoms with van der Waals surface area (Å²) in [4.78, 5) is 34.8. The smallest absolute Gasteiger partial charge is 0.253 e. The fraction of sp³-hybridized carbons (Fsp3) is 0.182. The normalized spacial score (nSPS) is 15.8. The Labute approximate surface area is 178 Å². The summed E-state index contributed by atoms with van der Waals surface area (Å²) in [6.07, 6.45) is 3.76. The van der Waals surface area contributed by atoms with E-state index in [0.29, 0.717) is 35.3 Å². The summed E-state index contributed by atoms with van der Waals surface area (Å²) in [7, 11) is 0. The molecule has 30 heavy (non-hydrogen) atoms. The van der Waals surface area contributed by atoms with Gasteiger partial charge in [0.2, 0.25) is 11.9 Å². The molecule has 0 bridgehead atoms. The van der Waals surface area contributed by atoms with Crippen LogP contribution in [0.15, 0.2) is 61.3 Å². The lowest BCUT2D eigenvalue weighted by Crippen LogP contribution is -2.31. The van der Waals surface area contributed by atoms with Crippen molar-refractivity contribution in [3.63, 3.8) is 0 Å². The van der Waals surface area contributed by atoms with E-state index in [1.165, 1.54) is 6.08 Å². The van der Waals surface area contributed by atoms with E-state index in [4.69, 9.17) is 11.6 Å². The first-order chi connectivity index (χ1) is 14.5. The predicted octanol–water partition coefficient (Wildman–Crippen LogP) is 3.73. The van der Waals surface area contributed by atoms with Gasteiger partial charge in [-0.2, -0.15) is 0 Å².